The number of hydrogen-bond donors (Lipinski definition) is 2. The van der Waals surface area contributed by atoms with Gasteiger partial charge in [-0.1, -0.05) is 12.8 Å². The Bertz CT molecular complexity index is 543. The molecule has 0 radical (unpaired) electrons. The van der Waals surface area contributed by atoms with Crippen LogP contribution in [0.4, 0.5) is 0 Å². The van der Waals surface area contributed by atoms with Crippen LogP contribution in [0.1, 0.15) is 49.1 Å². The van der Waals surface area contributed by atoms with E-state index in [0.29, 0.717) is 18.5 Å². The van der Waals surface area contributed by atoms with Crippen molar-refractivity contribution in [1.82, 2.24) is 20.4 Å². The Hall–Kier alpha value is -1.07. The third kappa shape index (κ3) is 3.89. The zero-order chi connectivity index (χ0) is 15.7. The summed E-state index contributed by atoms with van der Waals surface area (Å²) in [5, 5.41) is 11.1. The molecule has 6 heteroatoms. The molecule has 2 fully saturated rings. The average Bonchev–Trinajstić information content (AvgIpc) is 3.03. The molecule has 1 aliphatic heterocycles. The topological polar surface area (TPSA) is 59.0 Å². The standard InChI is InChI=1S/C17H28N4O.ClH/c1-11-14(12(2)21(3)20-11)8-9-18-17(22)16-10-13-6-4-5-7-15(13)19-16;/h13,15-16,19H,4-10H2,1-3H3,(H,18,22);1H. The van der Waals surface area contributed by atoms with Gasteiger partial charge in [0, 0.05) is 25.3 Å². The molecule has 1 amide bonds. The number of nitrogens with zero attached hydrogens (tertiary/aromatic N) is 2. The maximum atomic E-state index is 12.4. The Morgan fingerprint density at radius 2 is 2.09 bits per heavy atom. The van der Waals surface area contributed by atoms with Crippen molar-refractivity contribution < 1.29 is 4.79 Å². The van der Waals surface area contributed by atoms with E-state index in [1.165, 1.54) is 36.9 Å². The fraction of sp³-hybridized carbons (Fsp3) is 0.765. The minimum Gasteiger partial charge on any atom is -0.354 e. The lowest BCUT2D eigenvalue weighted by Gasteiger charge is -2.24. The maximum absolute atomic E-state index is 12.4. The summed E-state index contributed by atoms with van der Waals surface area (Å²) < 4.78 is 1.91. The van der Waals surface area contributed by atoms with Gasteiger partial charge < -0.3 is 10.6 Å². The molecule has 0 aromatic carbocycles. The summed E-state index contributed by atoms with van der Waals surface area (Å²) in [4.78, 5) is 12.4. The fourth-order valence-electron chi connectivity index (χ4n) is 4.13. The van der Waals surface area contributed by atoms with E-state index in [0.717, 1.165) is 18.5 Å². The van der Waals surface area contributed by atoms with Crippen LogP contribution < -0.4 is 10.6 Å². The summed E-state index contributed by atoms with van der Waals surface area (Å²) >= 11 is 0. The minimum absolute atomic E-state index is 0. The van der Waals surface area contributed by atoms with E-state index in [1.807, 2.05) is 18.7 Å². The van der Waals surface area contributed by atoms with Gasteiger partial charge in [0.05, 0.1) is 11.7 Å². The zero-order valence-corrected chi connectivity index (χ0v) is 15.2. The fourth-order valence-corrected chi connectivity index (χ4v) is 4.13. The number of nitrogens with one attached hydrogen (secondary N) is 2. The summed E-state index contributed by atoms with van der Waals surface area (Å²) in [5.74, 6) is 0.890. The van der Waals surface area contributed by atoms with E-state index >= 15 is 0 Å². The molecule has 2 heterocycles. The molecule has 5 nitrogen and oxygen atoms in total. The molecule has 3 atom stereocenters. The van der Waals surface area contributed by atoms with E-state index in [-0.39, 0.29) is 24.4 Å². The van der Waals surface area contributed by atoms with Gasteiger partial charge in [-0.15, -0.1) is 12.4 Å². The summed E-state index contributed by atoms with van der Waals surface area (Å²) in [5.41, 5.74) is 3.52. The van der Waals surface area contributed by atoms with Crippen molar-refractivity contribution in [2.45, 2.75) is 64.5 Å². The molecule has 1 saturated carbocycles. The van der Waals surface area contributed by atoms with Crippen molar-refractivity contribution >= 4 is 18.3 Å². The molecule has 0 spiro atoms. The van der Waals surface area contributed by atoms with Gasteiger partial charge in [0.25, 0.3) is 0 Å². The van der Waals surface area contributed by atoms with Gasteiger partial charge in [-0.05, 0) is 51.0 Å². The number of fused-ring (bicyclic) bond motifs is 1. The predicted molar refractivity (Wildman–Crippen MR) is 93.9 cm³/mol. The lowest BCUT2D eigenvalue weighted by molar-refractivity contribution is -0.122. The first-order valence-electron chi connectivity index (χ1n) is 8.59. The van der Waals surface area contributed by atoms with Crippen LogP contribution in [0.2, 0.25) is 0 Å². The Labute approximate surface area is 145 Å². The molecule has 0 bridgehead atoms. The van der Waals surface area contributed by atoms with E-state index in [1.54, 1.807) is 0 Å². The SMILES string of the molecule is Cc1nn(C)c(C)c1CCNC(=O)C1CC2CCCCC2N1.Cl. The van der Waals surface area contributed by atoms with Crippen LogP contribution in [-0.2, 0) is 18.3 Å². The molecule has 3 unspecified atom stereocenters. The molecule has 1 saturated heterocycles. The summed E-state index contributed by atoms with van der Waals surface area (Å²) in [6.07, 6.45) is 7.04. The van der Waals surface area contributed by atoms with Gasteiger partial charge in [-0.2, -0.15) is 5.10 Å². The molecule has 1 aromatic heterocycles. The third-order valence-corrected chi connectivity index (χ3v) is 5.51. The second-order valence-electron chi connectivity index (χ2n) is 6.92. The minimum atomic E-state index is 0. The number of amides is 1. The highest BCUT2D eigenvalue weighted by atomic mass is 35.5. The molecule has 2 aliphatic rings. The monoisotopic (exact) mass is 340 g/mol. The van der Waals surface area contributed by atoms with E-state index in [4.69, 9.17) is 0 Å². The first kappa shape index (κ1) is 18.3. The quantitative estimate of drug-likeness (QED) is 0.881. The zero-order valence-electron chi connectivity index (χ0n) is 14.4. The maximum Gasteiger partial charge on any atom is 0.237 e. The number of aryl methyl sites for hydroxylation is 2. The molecule has 1 aliphatic carbocycles. The second-order valence-corrected chi connectivity index (χ2v) is 6.92. The number of carbonyl (C=O) groups excluding carboxylic acids is 1. The highest BCUT2D eigenvalue weighted by Crippen LogP contribution is 2.33. The number of hydrogen-bond acceptors (Lipinski definition) is 3. The van der Waals surface area contributed by atoms with E-state index in [2.05, 4.69) is 22.7 Å². The smallest absolute Gasteiger partial charge is 0.237 e. The first-order chi connectivity index (χ1) is 10.6. The highest BCUT2D eigenvalue weighted by molar-refractivity contribution is 5.85. The molecule has 130 valence electrons. The van der Waals surface area contributed by atoms with Crippen LogP contribution in [-0.4, -0.2) is 34.3 Å². The van der Waals surface area contributed by atoms with Crippen LogP contribution >= 0.6 is 12.4 Å². The van der Waals surface area contributed by atoms with Gasteiger partial charge in [0.1, 0.15) is 0 Å². The lowest BCUT2D eigenvalue weighted by Crippen LogP contribution is -2.43. The Balaban J connectivity index is 0.00000192. The number of carbonyl (C=O) groups is 1. The summed E-state index contributed by atoms with van der Waals surface area (Å²) in [6, 6.07) is 0.594. The number of halogens is 1. The van der Waals surface area contributed by atoms with Crippen molar-refractivity contribution in [2.75, 3.05) is 6.54 Å². The molecule has 3 rings (SSSR count). The molecule has 1 aromatic rings. The third-order valence-electron chi connectivity index (χ3n) is 5.51. The van der Waals surface area contributed by atoms with Gasteiger partial charge in [0.15, 0.2) is 0 Å². The first-order valence-corrected chi connectivity index (χ1v) is 8.59. The summed E-state index contributed by atoms with van der Waals surface area (Å²) in [7, 11) is 1.97. The largest absolute Gasteiger partial charge is 0.354 e. The number of aromatic nitrogens is 2. The lowest BCUT2D eigenvalue weighted by atomic mass is 9.85. The Morgan fingerprint density at radius 3 is 2.74 bits per heavy atom. The van der Waals surface area contributed by atoms with Crippen molar-refractivity contribution in [1.29, 1.82) is 0 Å². The normalized spacial score (nSPS) is 26.5. The second kappa shape index (κ2) is 7.67. The van der Waals surface area contributed by atoms with Crippen molar-refractivity contribution in [3.8, 4) is 0 Å². The molecular weight excluding hydrogens is 312 g/mol. The van der Waals surface area contributed by atoms with Crippen molar-refractivity contribution in [2.24, 2.45) is 13.0 Å². The number of rotatable bonds is 4. The van der Waals surface area contributed by atoms with Gasteiger partial charge in [-0.25, -0.2) is 0 Å². The van der Waals surface area contributed by atoms with E-state index in [9.17, 15) is 4.79 Å². The molecular formula is C17H29ClN4O. The van der Waals surface area contributed by atoms with Gasteiger partial charge >= 0.3 is 0 Å². The Kier molecular flexibility index (Phi) is 6.09. The average molecular weight is 341 g/mol. The molecule has 23 heavy (non-hydrogen) atoms. The van der Waals surface area contributed by atoms with E-state index < -0.39 is 0 Å². The van der Waals surface area contributed by atoms with Crippen molar-refractivity contribution in [3.05, 3.63) is 17.0 Å². The van der Waals surface area contributed by atoms with Crippen molar-refractivity contribution in [3.63, 3.8) is 0 Å². The Morgan fingerprint density at radius 1 is 1.35 bits per heavy atom. The van der Waals surface area contributed by atoms with Crippen LogP contribution in [0.15, 0.2) is 0 Å². The van der Waals surface area contributed by atoms with Gasteiger partial charge in [0.2, 0.25) is 5.91 Å². The predicted octanol–water partition coefficient (Wildman–Crippen LogP) is 2.04. The van der Waals surface area contributed by atoms with Crippen LogP contribution in [0.3, 0.4) is 0 Å². The highest BCUT2D eigenvalue weighted by Gasteiger charge is 2.37. The summed E-state index contributed by atoms with van der Waals surface area (Å²) in [6.45, 7) is 4.81. The molecule has 2 N–H and O–H groups in total. The van der Waals surface area contributed by atoms with Gasteiger partial charge in [-0.3, -0.25) is 9.48 Å². The van der Waals surface area contributed by atoms with Crippen LogP contribution in [0.25, 0.3) is 0 Å². The van der Waals surface area contributed by atoms with Crippen LogP contribution in [0, 0.1) is 19.8 Å². The van der Waals surface area contributed by atoms with Crippen LogP contribution in [0.5, 0.6) is 0 Å².